The van der Waals surface area contributed by atoms with Gasteiger partial charge in [-0.15, -0.1) is 0 Å². The molecule has 0 aromatic carbocycles. The summed E-state index contributed by atoms with van der Waals surface area (Å²) in [6.07, 6.45) is 3.10. The van der Waals surface area contributed by atoms with Gasteiger partial charge in [0.2, 0.25) is 0 Å². The molecule has 5 heteroatoms. The molecule has 0 bridgehead atoms. The van der Waals surface area contributed by atoms with Gasteiger partial charge in [-0.2, -0.15) is 0 Å². The van der Waals surface area contributed by atoms with E-state index in [-0.39, 0.29) is 5.97 Å². The normalized spacial score (nSPS) is 17.4. The molecule has 0 spiro atoms. The van der Waals surface area contributed by atoms with Crippen molar-refractivity contribution in [1.82, 2.24) is 10.9 Å². The van der Waals surface area contributed by atoms with Crippen molar-refractivity contribution in [3.05, 3.63) is 23.7 Å². The third-order valence-corrected chi connectivity index (χ3v) is 1.38. The summed E-state index contributed by atoms with van der Waals surface area (Å²) < 4.78 is 9.53. The maximum absolute atomic E-state index is 11.1. The summed E-state index contributed by atoms with van der Waals surface area (Å²) in [6, 6.07) is 0. The fourth-order valence-corrected chi connectivity index (χ4v) is 0.876. The predicted octanol–water partition coefficient (Wildman–Crippen LogP) is 0.0290. The van der Waals surface area contributed by atoms with Crippen molar-refractivity contribution in [2.75, 3.05) is 13.7 Å². The Balaban J connectivity index is 2.58. The number of hydrogen-bond donors (Lipinski definition) is 2. The average Bonchev–Trinajstić information content (AvgIpc) is 2.54. The van der Waals surface area contributed by atoms with E-state index in [0.717, 1.165) is 0 Å². The standard InChI is InChI=1S/C8H12N2O3/c1-3-13-8(11)7-4-6(5-12-2)9-10-7/h4-5,9-10H,3H2,1-2H3. The van der Waals surface area contributed by atoms with Crippen LogP contribution in [0.4, 0.5) is 0 Å². The first-order valence-electron chi connectivity index (χ1n) is 3.91. The molecular weight excluding hydrogens is 172 g/mol. The van der Waals surface area contributed by atoms with Gasteiger partial charge in [-0.05, 0) is 13.0 Å². The van der Waals surface area contributed by atoms with Gasteiger partial charge in [0.05, 0.1) is 19.4 Å². The van der Waals surface area contributed by atoms with Gasteiger partial charge in [0.1, 0.15) is 12.0 Å². The maximum atomic E-state index is 11.1. The van der Waals surface area contributed by atoms with Crippen molar-refractivity contribution >= 4 is 5.97 Å². The van der Waals surface area contributed by atoms with Crippen LogP contribution in [0, 0.1) is 0 Å². The monoisotopic (exact) mass is 184 g/mol. The molecule has 1 aliphatic heterocycles. The van der Waals surface area contributed by atoms with Crippen molar-refractivity contribution < 1.29 is 14.3 Å². The lowest BCUT2D eigenvalue weighted by Crippen LogP contribution is -2.27. The van der Waals surface area contributed by atoms with Gasteiger partial charge in [-0.3, -0.25) is 10.9 Å². The smallest absolute Gasteiger partial charge is 0.356 e. The molecule has 1 rings (SSSR count). The van der Waals surface area contributed by atoms with Gasteiger partial charge >= 0.3 is 5.97 Å². The first kappa shape index (κ1) is 9.44. The van der Waals surface area contributed by atoms with Crippen LogP contribution < -0.4 is 10.9 Å². The number of methoxy groups -OCH3 is 1. The molecule has 0 aliphatic carbocycles. The minimum Gasteiger partial charge on any atom is -0.502 e. The lowest BCUT2D eigenvalue weighted by Gasteiger charge is -2.02. The van der Waals surface area contributed by atoms with Gasteiger partial charge < -0.3 is 9.47 Å². The van der Waals surface area contributed by atoms with Crippen LogP contribution in [0.1, 0.15) is 6.92 Å². The van der Waals surface area contributed by atoms with E-state index < -0.39 is 0 Å². The van der Waals surface area contributed by atoms with Crippen LogP contribution in [0.3, 0.4) is 0 Å². The zero-order chi connectivity index (χ0) is 9.68. The fourth-order valence-electron chi connectivity index (χ4n) is 0.876. The third kappa shape index (κ3) is 2.40. The maximum Gasteiger partial charge on any atom is 0.356 e. The Bertz CT molecular complexity index is 258. The minimum atomic E-state index is -0.380. The Morgan fingerprint density at radius 1 is 1.62 bits per heavy atom. The molecule has 0 saturated carbocycles. The van der Waals surface area contributed by atoms with E-state index in [1.807, 2.05) is 0 Å². The Labute approximate surface area is 76.4 Å². The van der Waals surface area contributed by atoms with Crippen molar-refractivity contribution in [1.29, 1.82) is 0 Å². The molecule has 0 amide bonds. The van der Waals surface area contributed by atoms with E-state index in [1.54, 1.807) is 13.0 Å². The molecule has 5 nitrogen and oxygen atoms in total. The lowest BCUT2D eigenvalue weighted by atomic mass is 10.4. The number of carbonyl (C=O) groups excluding carboxylic acids is 1. The number of nitrogens with one attached hydrogen (secondary N) is 2. The summed E-state index contributed by atoms with van der Waals surface area (Å²) in [6.45, 7) is 2.12. The fraction of sp³-hybridized carbons (Fsp3) is 0.375. The molecule has 0 aromatic heterocycles. The van der Waals surface area contributed by atoms with Crippen LogP contribution in [0.15, 0.2) is 23.7 Å². The highest BCUT2D eigenvalue weighted by Gasteiger charge is 2.16. The summed E-state index contributed by atoms with van der Waals surface area (Å²) in [5.41, 5.74) is 6.47. The minimum absolute atomic E-state index is 0.362. The van der Waals surface area contributed by atoms with E-state index in [1.165, 1.54) is 13.4 Å². The van der Waals surface area contributed by atoms with Crippen molar-refractivity contribution in [2.45, 2.75) is 6.92 Å². The van der Waals surface area contributed by atoms with E-state index >= 15 is 0 Å². The largest absolute Gasteiger partial charge is 0.502 e. The second-order valence-corrected chi connectivity index (χ2v) is 2.34. The van der Waals surface area contributed by atoms with Gasteiger partial charge in [-0.25, -0.2) is 4.79 Å². The highest BCUT2D eigenvalue weighted by Crippen LogP contribution is 2.05. The number of hydrogen-bond acceptors (Lipinski definition) is 5. The topological polar surface area (TPSA) is 59.6 Å². The number of allylic oxidation sites excluding steroid dienone is 1. The Morgan fingerprint density at radius 3 is 3.00 bits per heavy atom. The summed E-state index contributed by atoms with van der Waals surface area (Å²) >= 11 is 0. The Kier molecular flexibility index (Phi) is 3.19. The summed E-state index contributed by atoms with van der Waals surface area (Å²) in [5, 5.41) is 0. The Hall–Kier alpha value is -1.65. The van der Waals surface area contributed by atoms with Gasteiger partial charge in [0.25, 0.3) is 0 Å². The van der Waals surface area contributed by atoms with Gasteiger partial charge in [-0.1, -0.05) is 0 Å². The van der Waals surface area contributed by atoms with Gasteiger partial charge in [0.15, 0.2) is 0 Å². The van der Waals surface area contributed by atoms with Crippen LogP contribution in [-0.2, 0) is 14.3 Å². The SMILES string of the molecule is CCOC(=O)C1=CC(=COC)NN1. The van der Waals surface area contributed by atoms with E-state index in [2.05, 4.69) is 10.9 Å². The first-order chi connectivity index (χ1) is 6.27. The summed E-state index contributed by atoms with van der Waals surface area (Å²) in [7, 11) is 1.53. The molecule has 0 unspecified atom stereocenters. The predicted molar refractivity (Wildman–Crippen MR) is 46.1 cm³/mol. The van der Waals surface area contributed by atoms with Crippen LogP contribution in [0.2, 0.25) is 0 Å². The van der Waals surface area contributed by atoms with E-state index in [0.29, 0.717) is 18.0 Å². The zero-order valence-electron chi connectivity index (χ0n) is 7.59. The molecule has 2 N–H and O–H groups in total. The molecule has 13 heavy (non-hydrogen) atoms. The number of rotatable bonds is 3. The summed E-state index contributed by atoms with van der Waals surface area (Å²) in [4.78, 5) is 11.1. The molecule has 1 aliphatic rings. The highest BCUT2D eigenvalue weighted by molar-refractivity contribution is 5.88. The quantitative estimate of drug-likeness (QED) is 0.478. The lowest BCUT2D eigenvalue weighted by molar-refractivity contribution is -0.138. The number of esters is 1. The number of hydrazine groups is 1. The number of ether oxygens (including phenoxy) is 2. The highest BCUT2D eigenvalue weighted by atomic mass is 16.5. The van der Waals surface area contributed by atoms with Crippen LogP contribution in [0.25, 0.3) is 0 Å². The Morgan fingerprint density at radius 2 is 2.38 bits per heavy atom. The molecule has 0 radical (unpaired) electrons. The summed E-state index contributed by atoms with van der Waals surface area (Å²) in [5.74, 6) is -0.380. The molecule has 72 valence electrons. The second-order valence-electron chi connectivity index (χ2n) is 2.34. The van der Waals surface area contributed by atoms with E-state index in [4.69, 9.17) is 9.47 Å². The zero-order valence-corrected chi connectivity index (χ0v) is 7.59. The molecule has 1 heterocycles. The van der Waals surface area contributed by atoms with Crippen LogP contribution in [0.5, 0.6) is 0 Å². The van der Waals surface area contributed by atoms with Crippen LogP contribution in [-0.4, -0.2) is 19.7 Å². The molecular formula is C8H12N2O3. The molecule has 0 saturated heterocycles. The third-order valence-electron chi connectivity index (χ3n) is 1.38. The average molecular weight is 184 g/mol. The molecule has 0 fully saturated rings. The molecule has 0 aromatic rings. The number of carbonyl (C=O) groups is 1. The van der Waals surface area contributed by atoms with Gasteiger partial charge in [0, 0.05) is 0 Å². The van der Waals surface area contributed by atoms with Crippen molar-refractivity contribution in [3.8, 4) is 0 Å². The van der Waals surface area contributed by atoms with Crippen molar-refractivity contribution in [3.63, 3.8) is 0 Å². The van der Waals surface area contributed by atoms with E-state index in [9.17, 15) is 4.79 Å². The second kappa shape index (κ2) is 4.39. The molecule has 0 atom stereocenters. The van der Waals surface area contributed by atoms with Crippen molar-refractivity contribution in [2.24, 2.45) is 0 Å². The van der Waals surface area contributed by atoms with Crippen LogP contribution >= 0.6 is 0 Å². The first-order valence-corrected chi connectivity index (χ1v) is 3.91.